The van der Waals surface area contributed by atoms with Crippen LogP contribution in [-0.2, 0) is 11.3 Å². The highest BCUT2D eigenvalue weighted by molar-refractivity contribution is 6.31. The first-order valence-electron chi connectivity index (χ1n) is 11.5. The first kappa shape index (κ1) is 25.5. The van der Waals surface area contributed by atoms with E-state index in [0.717, 1.165) is 0 Å². The van der Waals surface area contributed by atoms with Crippen molar-refractivity contribution >= 4 is 29.5 Å². The van der Waals surface area contributed by atoms with Crippen LogP contribution < -0.4 is 11.1 Å². The zero-order valence-electron chi connectivity index (χ0n) is 20.3. The van der Waals surface area contributed by atoms with Crippen LogP contribution in [-0.4, -0.2) is 50.5 Å². The van der Waals surface area contributed by atoms with Crippen LogP contribution in [0.2, 0.25) is 5.02 Å². The van der Waals surface area contributed by atoms with Crippen LogP contribution in [0, 0.1) is 5.82 Å². The monoisotopic (exact) mass is 518 g/mol. The molecular formula is C24H28ClFN6O4. The van der Waals surface area contributed by atoms with E-state index in [2.05, 4.69) is 15.6 Å². The van der Waals surface area contributed by atoms with Crippen molar-refractivity contribution in [3.8, 4) is 11.3 Å². The molecule has 1 fully saturated rings. The molecule has 0 spiro atoms. The van der Waals surface area contributed by atoms with E-state index in [1.807, 2.05) is 20.8 Å². The molecule has 1 aliphatic rings. The van der Waals surface area contributed by atoms with E-state index in [0.29, 0.717) is 42.1 Å². The number of aromatic nitrogens is 3. The van der Waals surface area contributed by atoms with Gasteiger partial charge in [0.2, 0.25) is 5.88 Å². The molecule has 0 radical (unpaired) electrons. The topological polar surface area (TPSA) is 129 Å². The minimum absolute atomic E-state index is 0.00499. The molecule has 0 saturated carbocycles. The van der Waals surface area contributed by atoms with Gasteiger partial charge in [-0.2, -0.15) is 5.10 Å². The number of nitrogens with two attached hydrogens (primary N) is 1. The van der Waals surface area contributed by atoms with E-state index >= 15 is 0 Å². The van der Waals surface area contributed by atoms with E-state index in [1.165, 1.54) is 18.2 Å². The third-order valence-electron chi connectivity index (χ3n) is 5.76. The molecule has 2 amide bonds. The number of hydrogen-bond donors (Lipinski definition) is 2. The summed E-state index contributed by atoms with van der Waals surface area (Å²) >= 11 is 6.08. The maximum atomic E-state index is 13.5. The first-order valence-corrected chi connectivity index (χ1v) is 11.9. The van der Waals surface area contributed by atoms with Gasteiger partial charge in [-0.05, 0) is 57.4 Å². The van der Waals surface area contributed by atoms with Gasteiger partial charge in [0.1, 0.15) is 22.7 Å². The molecule has 4 rings (SSSR count). The molecule has 0 atom stereocenters. The number of piperidine rings is 1. The fourth-order valence-corrected chi connectivity index (χ4v) is 4.15. The van der Waals surface area contributed by atoms with Crippen LogP contribution >= 0.6 is 11.6 Å². The fourth-order valence-electron chi connectivity index (χ4n) is 3.96. The molecule has 1 aromatic carbocycles. The Balaban J connectivity index is 1.42. The van der Waals surface area contributed by atoms with E-state index in [-0.39, 0.29) is 35.8 Å². The summed E-state index contributed by atoms with van der Waals surface area (Å²) in [7, 11) is 0. The number of carbonyl (C=O) groups is 2. The zero-order chi connectivity index (χ0) is 26.0. The van der Waals surface area contributed by atoms with Gasteiger partial charge in [-0.15, -0.1) is 0 Å². The average molecular weight is 519 g/mol. The van der Waals surface area contributed by atoms with Crippen molar-refractivity contribution in [2.75, 3.05) is 18.8 Å². The Labute approximate surface area is 212 Å². The summed E-state index contributed by atoms with van der Waals surface area (Å²) in [4.78, 5) is 26.9. The second-order valence-electron chi connectivity index (χ2n) is 9.60. The summed E-state index contributed by atoms with van der Waals surface area (Å²) in [5, 5.41) is 11.4. The van der Waals surface area contributed by atoms with Crippen LogP contribution in [0.4, 0.5) is 15.1 Å². The van der Waals surface area contributed by atoms with Crippen LogP contribution in [0.5, 0.6) is 0 Å². The van der Waals surface area contributed by atoms with E-state index in [4.69, 9.17) is 26.6 Å². The van der Waals surface area contributed by atoms with Crippen molar-refractivity contribution in [2.45, 2.75) is 51.8 Å². The molecule has 0 bridgehead atoms. The lowest BCUT2D eigenvalue weighted by molar-refractivity contribution is 0.0184. The predicted molar refractivity (Wildman–Crippen MR) is 131 cm³/mol. The molecule has 10 nitrogen and oxygen atoms in total. The third kappa shape index (κ3) is 5.78. The number of rotatable bonds is 5. The number of anilines is 1. The maximum absolute atomic E-state index is 13.5. The highest BCUT2D eigenvalue weighted by atomic mass is 35.5. The minimum atomic E-state index is -0.544. The molecule has 2 aromatic heterocycles. The van der Waals surface area contributed by atoms with Crippen molar-refractivity contribution in [2.24, 2.45) is 0 Å². The Kier molecular flexibility index (Phi) is 7.21. The Hall–Kier alpha value is -3.60. The molecule has 0 unspecified atom stereocenters. The van der Waals surface area contributed by atoms with Gasteiger partial charge >= 0.3 is 6.09 Å². The number of nitrogen functional groups attached to an aromatic ring is 1. The summed E-state index contributed by atoms with van der Waals surface area (Å²) in [6.07, 6.45) is 4.42. The van der Waals surface area contributed by atoms with Crippen LogP contribution in [0.25, 0.3) is 11.3 Å². The van der Waals surface area contributed by atoms with E-state index in [1.54, 1.807) is 22.0 Å². The highest BCUT2D eigenvalue weighted by Gasteiger charge is 2.29. The number of benzene rings is 1. The Morgan fingerprint density at radius 2 is 2.03 bits per heavy atom. The van der Waals surface area contributed by atoms with Crippen molar-refractivity contribution in [3.63, 3.8) is 0 Å². The number of carbonyl (C=O) groups excluding carboxylic acids is 2. The fraction of sp³-hybridized carbons (Fsp3) is 0.417. The number of likely N-dealkylation sites (tertiary alicyclic amines) is 1. The summed E-state index contributed by atoms with van der Waals surface area (Å²) in [5.74, 6) is -1.15. The largest absolute Gasteiger partial charge is 0.444 e. The Bertz CT molecular complexity index is 1260. The summed E-state index contributed by atoms with van der Waals surface area (Å²) in [5.41, 5.74) is 6.62. The van der Waals surface area contributed by atoms with Gasteiger partial charge in [0.25, 0.3) is 5.91 Å². The number of amides is 2. The van der Waals surface area contributed by atoms with Crippen molar-refractivity contribution in [3.05, 3.63) is 52.6 Å². The van der Waals surface area contributed by atoms with E-state index < -0.39 is 17.3 Å². The third-order valence-corrected chi connectivity index (χ3v) is 6.13. The lowest BCUT2D eigenvalue weighted by Gasteiger charge is -2.33. The van der Waals surface area contributed by atoms with Crippen LogP contribution in [0.1, 0.15) is 55.6 Å². The lowest BCUT2D eigenvalue weighted by Crippen LogP contribution is -2.42. The molecule has 0 aliphatic carbocycles. The number of hydrogen-bond acceptors (Lipinski definition) is 7. The normalized spacial score (nSPS) is 14.6. The Morgan fingerprint density at radius 3 is 2.72 bits per heavy atom. The van der Waals surface area contributed by atoms with Gasteiger partial charge in [-0.1, -0.05) is 16.8 Å². The van der Waals surface area contributed by atoms with Gasteiger partial charge in [0.05, 0.1) is 12.2 Å². The van der Waals surface area contributed by atoms with Gasteiger partial charge < -0.3 is 25.2 Å². The lowest BCUT2D eigenvalue weighted by atomic mass is 10.1. The van der Waals surface area contributed by atoms with Crippen molar-refractivity contribution in [1.29, 1.82) is 0 Å². The molecule has 36 heavy (non-hydrogen) atoms. The quantitative estimate of drug-likeness (QED) is 0.511. The molecule has 12 heteroatoms. The van der Waals surface area contributed by atoms with E-state index in [9.17, 15) is 14.0 Å². The average Bonchev–Trinajstić information content (AvgIpc) is 3.45. The molecule has 1 saturated heterocycles. The zero-order valence-corrected chi connectivity index (χ0v) is 21.0. The molecule has 3 aromatic rings. The van der Waals surface area contributed by atoms with Gasteiger partial charge in [0.15, 0.2) is 0 Å². The smallest absolute Gasteiger partial charge is 0.410 e. The minimum Gasteiger partial charge on any atom is -0.444 e. The molecular weight excluding hydrogens is 491 g/mol. The second kappa shape index (κ2) is 10.2. The van der Waals surface area contributed by atoms with Gasteiger partial charge in [-0.25, -0.2) is 9.18 Å². The number of nitrogens with one attached hydrogen (secondary N) is 1. The molecule has 192 valence electrons. The summed E-state index contributed by atoms with van der Waals surface area (Å²) in [6, 6.07) is 3.97. The molecule has 3 heterocycles. The van der Waals surface area contributed by atoms with Crippen LogP contribution in [0.15, 0.2) is 35.1 Å². The van der Waals surface area contributed by atoms with Crippen molar-refractivity contribution in [1.82, 2.24) is 25.2 Å². The summed E-state index contributed by atoms with van der Waals surface area (Å²) < 4.78 is 25.9. The molecule has 1 aliphatic heterocycles. The van der Waals surface area contributed by atoms with Gasteiger partial charge in [0, 0.05) is 36.4 Å². The number of halogens is 2. The standard InChI is InChI=1S/C24H28ClFN6O4/c1-24(2,3)35-23(34)31-8-6-17(7-9-31)32-13-15(12-29-32)20-19(21(27)36-30-20)22(33)28-11-14-10-16(26)4-5-18(14)25/h4-5,10,12-13,17H,6-9,11,27H2,1-3H3,(H,28,33). The maximum Gasteiger partial charge on any atom is 0.410 e. The SMILES string of the molecule is CC(C)(C)OC(=O)N1CCC(n2cc(-c3noc(N)c3C(=O)NCc3cc(F)ccc3Cl)cn2)CC1. The number of ether oxygens (including phenoxy) is 1. The van der Waals surface area contributed by atoms with Gasteiger partial charge in [-0.3, -0.25) is 9.48 Å². The Morgan fingerprint density at radius 1 is 1.31 bits per heavy atom. The highest BCUT2D eigenvalue weighted by Crippen LogP contribution is 2.30. The number of nitrogens with zero attached hydrogens (tertiary/aromatic N) is 4. The second-order valence-corrected chi connectivity index (χ2v) is 10.0. The molecule has 3 N–H and O–H groups in total. The predicted octanol–water partition coefficient (Wildman–Crippen LogP) is 4.41. The van der Waals surface area contributed by atoms with Crippen molar-refractivity contribution < 1.29 is 23.2 Å². The summed E-state index contributed by atoms with van der Waals surface area (Å²) in [6.45, 7) is 6.60. The first-order chi connectivity index (χ1) is 17.0. The van der Waals surface area contributed by atoms with Crippen LogP contribution in [0.3, 0.4) is 0 Å².